The minimum absolute atomic E-state index is 0. The van der Waals surface area contributed by atoms with Gasteiger partial charge in [0.1, 0.15) is 0 Å². The Bertz CT molecular complexity index is 101. The van der Waals surface area contributed by atoms with Gasteiger partial charge in [-0.05, 0) is 19.3 Å². The summed E-state index contributed by atoms with van der Waals surface area (Å²) < 4.78 is 0. The molecule has 2 N–H and O–H groups in total. The summed E-state index contributed by atoms with van der Waals surface area (Å²) in [7, 11) is 0. The van der Waals surface area contributed by atoms with Crippen molar-refractivity contribution in [1.82, 2.24) is 0 Å². The van der Waals surface area contributed by atoms with Crippen LogP contribution in [0.2, 0.25) is 0 Å². The van der Waals surface area contributed by atoms with Gasteiger partial charge in [0.25, 0.3) is 0 Å². The average Bonchev–Trinajstić information content (AvgIpc) is 1.79. The van der Waals surface area contributed by atoms with E-state index in [2.05, 4.69) is 12.2 Å². The van der Waals surface area contributed by atoms with Crippen LogP contribution in [0.25, 0.3) is 0 Å². The van der Waals surface area contributed by atoms with E-state index in [1.54, 1.807) is 0 Å². The Labute approximate surface area is 69.1 Å². The molecule has 0 saturated carbocycles. The molecule has 0 aliphatic heterocycles. The molecule has 1 rings (SSSR count). The zero-order valence-corrected chi connectivity index (χ0v) is 7.07. The van der Waals surface area contributed by atoms with E-state index in [0.717, 1.165) is 0 Å². The first-order valence-electron chi connectivity index (χ1n) is 3.82. The fraction of sp³-hybridized carbons (Fsp3) is 0.750. The second kappa shape index (κ2) is 5.75. The van der Waals surface area contributed by atoms with Crippen molar-refractivity contribution in [3.8, 4) is 0 Å². The molecule has 1 aliphatic rings. The molecule has 0 bridgehead atoms. The molecular formula is C8H16ClN. The third-order valence-electron chi connectivity index (χ3n) is 1.79. The third kappa shape index (κ3) is 3.91. The van der Waals surface area contributed by atoms with Gasteiger partial charge < -0.3 is 5.73 Å². The molecule has 60 valence electrons. The van der Waals surface area contributed by atoms with Crippen LogP contribution >= 0.6 is 12.4 Å². The fourth-order valence-corrected chi connectivity index (χ4v) is 1.19. The highest BCUT2D eigenvalue weighted by atomic mass is 35.5. The number of hydrogen-bond acceptors (Lipinski definition) is 1. The van der Waals surface area contributed by atoms with Gasteiger partial charge in [-0.3, -0.25) is 0 Å². The maximum absolute atomic E-state index is 5.72. The van der Waals surface area contributed by atoms with Gasteiger partial charge >= 0.3 is 0 Å². The highest BCUT2D eigenvalue weighted by Gasteiger charge is 1.98. The molecule has 0 radical (unpaired) electrons. The van der Waals surface area contributed by atoms with Crippen molar-refractivity contribution in [2.75, 3.05) is 0 Å². The Morgan fingerprint density at radius 2 is 2.00 bits per heavy atom. The van der Waals surface area contributed by atoms with Crippen LogP contribution in [0, 0.1) is 0 Å². The minimum Gasteiger partial charge on any atom is -0.324 e. The molecule has 10 heavy (non-hydrogen) atoms. The number of nitrogens with two attached hydrogens (primary N) is 1. The van der Waals surface area contributed by atoms with E-state index < -0.39 is 0 Å². The van der Waals surface area contributed by atoms with Gasteiger partial charge in [-0.25, -0.2) is 0 Å². The molecule has 0 fully saturated rings. The lowest BCUT2D eigenvalue weighted by Gasteiger charge is -2.08. The van der Waals surface area contributed by atoms with Crippen LogP contribution in [-0.2, 0) is 0 Å². The van der Waals surface area contributed by atoms with E-state index in [1.807, 2.05) is 0 Å². The zero-order valence-electron chi connectivity index (χ0n) is 6.25. The van der Waals surface area contributed by atoms with Crippen LogP contribution in [0.15, 0.2) is 12.2 Å². The Morgan fingerprint density at radius 1 is 1.20 bits per heavy atom. The lowest BCUT2D eigenvalue weighted by molar-refractivity contribution is 0.593. The Kier molecular flexibility index (Phi) is 5.74. The highest BCUT2D eigenvalue weighted by molar-refractivity contribution is 5.85. The molecule has 0 aromatic heterocycles. The van der Waals surface area contributed by atoms with Crippen molar-refractivity contribution in [3.05, 3.63) is 12.2 Å². The second-order valence-electron chi connectivity index (χ2n) is 2.73. The van der Waals surface area contributed by atoms with Gasteiger partial charge in [-0.1, -0.05) is 25.0 Å². The van der Waals surface area contributed by atoms with E-state index >= 15 is 0 Å². The number of hydrogen-bond donors (Lipinski definition) is 1. The summed E-state index contributed by atoms with van der Waals surface area (Å²) in [6.07, 6.45) is 10.8. The van der Waals surface area contributed by atoms with Gasteiger partial charge in [0.2, 0.25) is 0 Å². The Morgan fingerprint density at radius 3 is 2.80 bits per heavy atom. The molecule has 0 aromatic carbocycles. The van der Waals surface area contributed by atoms with Gasteiger partial charge in [-0.15, -0.1) is 12.4 Å². The summed E-state index contributed by atoms with van der Waals surface area (Å²) in [5, 5.41) is 0. The molecule has 0 aromatic rings. The lowest BCUT2D eigenvalue weighted by atomic mass is 10.0. The van der Waals surface area contributed by atoms with Gasteiger partial charge in [0.05, 0.1) is 0 Å². The summed E-state index contributed by atoms with van der Waals surface area (Å²) in [6.45, 7) is 0. The van der Waals surface area contributed by atoms with Crippen LogP contribution in [0.3, 0.4) is 0 Å². The SMILES string of the molecule is Cl.NC1C=CCCCCC1. The van der Waals surface area contributed by atoms with Crippen LogP contribution in [0.4, 0.5) is 0 Å². The van der Waals surface area contributed by atoms with E-state index in [0.29, 0.717) is 6.04 Å². The second-order valence-corrected chi connectivity index (χ2v) is 2.73. The normalized spacial score (nSPS) is 26.3. The number of allylic oxidation sites excluding steroid dienone is 1. The Hall–Kier alpha value is -0.0100. The van der Waals surface area contributed by atoms with E-state index in [4.69, 9.17) is 5.73 Å². The number of halogens is 1. The molecule has 1 aliphatic carbocycles. The first kappa shape index (κ1) is 9.99. The summed E-state index contributed by atoms with van der Waals surface area (Å²) in [6, 6.07) is 0.338. The molecule has 0 saturated heterocycles. The smallest absolute Gasteiger partial charge is 0.0223 e. The van der Waals surface area contributed by atoms with Gasteiger partial charge in [-0.2, -0.15) is 0 Å². The lowest BCUT2D eigenvalue weighted by Crippen LogP contribution is -2.16. The van der Waals surface area contributed by atoms with Crippen molar-refractivity contribution in [2.24, 2.45) is 5.73 Å². The van der Waals surface area contributed by atoms with E-state index in [9.17, 15) is 0 Å². The molecule has 0 spiro atoms. The van der Waals surface area contributed by atoms with Crippen LogP contribution in [0.5, 0.6) is 0 Å². The van der Waals surface area contributed by atoms with Crippen molar-refractivity contribution < 1.29 is 0 Å². The predicted octanol–water partition coefficient (Wildman–Crippen LogP) is 2.26. The molecular weight excluding hydrogens is 146 g/mol. The van der Waals surface area contributed by atoms with Gasteiger partial charge in [0.15, 0.2) is 0 Å². The molecule has 0 heterocycles. The highest BCUT2D eigenvalue weighted by Crippen LogP contribution is 2.09. The van der Waals surface area contributed by atoms with Crippen LogP contribution in [0.1, 0.15) is 32.1 Å². The molecule has 1 nitrogen and oxygen atoms in total. The molecule has 1 unspecified atom stereocenters. The maximum Gasteiger partial charge on any atom is 0.0223 e. The topological polar surface area (TPSA) is 26.0 Å². The number of rotatable bonds is 0. The van der Waals surface area contributed by atoms with Crippen molar-refractivity contribution >= 4 is 12.4 Å². The van der Waals surface area contributed by atoms with Crippen molar-refractivity contribution in [2.45, 2.75) is 38.1 Å². The Balaban J connectivity index is 0.000000810. The summed E-state index contributed by atoms with van der Waals surface area (Å²) >= 11 is 0. The molecule has 2 heteroatoms. The molecule has 1 atom stereocenters. The maximum atomic E-state index is 5.72. The largest absolute Gasteiger partial charge is 0.324 e. The van der Waals surface area contributed by atoms with Crippen LogP contribution < -0.4 is 5.73 Å². The fourth-order valence-electron chi connectivity index (χ4n) is 1.19. The van der Waals surface area contributed by atoms with Gasteiger partial charge in [0, 0.05) is 6.04 Å². The monoisotopic (exact) mass is 161 g/mol. The quantitative estimate of drug-likeness (QED) is 0.542. The summed E-state index contributed by atoms with van der Waals surface area (Å²) in [5.74, 6) is 0. The van der Waals surface area contributed by atoms with E-state index in [-0.39, 0.29) is 12.4 Å². The predicted molar refractivity (Wildman–Crippen MR) is 47.4 cm³/mol. The average molecular weight is 162 g/mol. The van der Waals surface area contributed by atoms with Crippen LogP contribution in [-0.4, -0.2) is 6.04 Å². The van der Waals surface area contributed by atoms with Crippen molar-refractivity contribution in [1.29, 1.82) is 0 Å². The van der Waals surface area contributed by atoms with E-state index in [1.165, 1.54) is 32.1 Å². The molecule has 0 amide bonds. The standard InChI is InChI=1S/C8H15N.ClH/c9-8-6-4-2-1-3-5-7-8;/h4,6,8H,1-3,5,7,9H2;1H. The summed E-state index contributed by atoms with van der Waals surface area (Å²) in [5.41, 5.74) is 5.72. The first-order valence-corrected chi connectivity index (χ1v) is 3.82. The third-order valence-corrected chi connectivity index (χ3v) is 1.79. The minimum atomic E-state index is 0. The summed E-state index contributed by atoms with van der Waals surface area (Å²) in [4.78, 5) is 0. The zero-order chi connectivity index (χ0) is 6.53. The van der Waals surface area contributed by atoms with Crippen molar-refractivity contribution in [3.63, 3.8) is 0 Å². The first-order chi connectivity index (χ1) is 4.39.